The number of halogens is 2. The summed E-state index contributed by atoms with van der Waals surface area (Å²) in [6.07, 6.45) is -1.72. The van der Waals surface area contributed by atoms with Crippen LogP contribution in [0, 0.1) is 11.8 Å². The van der Waals surface area contributed by atoms with E-state index in [1.165, 1.54) is 28.1 Å². The lowest BCUT2D eigenvalue weighted by molar-refractivity contribution is -0.229. The average Bonchev–Trinajstić information content (AvgIpc) is 2.79. The van der Waals surface area contributed by atoms with E-state index in [0.29, 0.717) is 0 Å². The second-order valence-corrected chi connectivity index (χ2v) is 7.31. The lowest BCUT2D eigenvalue weighted by atomic mass is 9.77. The van der Waals surface area contributed by atoms with Crippen molar-refractivity contribution in [3.63, 3.8) is 0 Å². The molecule has 5 atom stereocenters. The smallest absolute Gasteiger partial charge is 0.302 e. The maximum Gasteiger partial charge on any atom is 0.302 e. The minimum atomic E-state index is -1.93. The van der Waals surface area contributed by atoms with E-state index in [-0.39, 0.29) is 13.2 Å². The van der Waals surface area contributed by atoms with Crippen LogP contribution in [0.25, 0.3) is 0 Å². The zero-order valence-corrected chi connectivity index (χ0v) is 15.7. The number of ketones is 1. The van der Waals surface area contributed by atoms with Crippen molar-refractivity contribution in [2.24, 2.45) is 11.8 Å². The van der Waals surface area contributed by atoms with Gasteiger partial charge >= 0.3 is 11.9 Å². The fourth-order valence-electron chi connectivity index (χ4n) is 4.03. The molecular formula is C15H20Cl2O8. The standard InChI is InChI=1S/C15H20Cl2O8/c1-7(18)24-5-9-10(6-25-8(2)19)14(17)12(21)11(20)13(9,16)15(14,22-3)23-4/h9-11,20H,5-6H2,1-4H3/t9-,10+,11+,13-,14+/m0/s1. The number of methoxy groups -OCH3 is 2. The van der Waals surface area contributed by atoms with E-state index in [0.717, 1.165) is 0 Å². The predicted octanol–water partition coefficient (Wildman–Crippen LogP) is 0.246. The van der Waals surface area contributed by atoms with Crippen LogP contribution >= 0.6 is 23.2 Å². The van der Waals surface area contributed by atoms with Crippen LogP contribution in [-0.2, 0) is 33.3 Å². The van der Waals surface area contributed by atoms with E-state index < -0.39 is 51.2 Å². The molecule has 8 nitrogen and oxygen atoms in total. The summed E-state index contributed by atoms with van der Waals surface area (Å²) in [5.41, 5.74) is 0. The van der Waals surface area contributed by atoms with Gasteiger partial charge in [-0.3, -0.25) is 14.4 Å². The largest absolute Gasteiger partial charge is 0.465 e. The monoisotopic (exact) mass is 398 g/mol. The molecule has 10 heteroatoms. The third kappa shape index (κ3) is 2.42. The van der Waals surface area contributed by atoms with Crippen LogP contribution in [0.5, 0.6) is 0 Å². The highest BCUT2D eigenvalue weighted by Gasteiger charge is 2.89. The molecule has 2 aliphatic rings. The van der Waals surface area contributed by atoms with Crippen LogP contribution in [0.1, 0.15) is 13.8 Å². The lowest BCUT2D eigenvalue weighted by Gasteiger charge is -2.40. The number of aliphatic hydroxyl groups excluding tert-OH is 1. The van der Waals surface area contributed by atoms with Gasteiger partial charge in [0.25, 0.3) is 0 Å². The number of carbonyl (C=O) groups excluding carboxylic acids is 3. The number of hydrogen-bond donors (Lipinski definition) is 1. The highest BCUT2D eigenvalue weighted by atomic mass is 35.5. The van der Waals surface area contributed by atoms with Crippen LogP contribution in [-0.4, -0.2) is 71.9 Å². The molecule has 0 aromatic heterocycles. The van der Waals surface area contributed by atoms with Crippen molar-refractivity contribution >= 4 is 40.9 Å². The first-order valence-electron chi connectivity index (χ1n) is 7.51. The highest BCUT2D eigenvalue weighted by Crippen LogP contribution is 2.68. The summed E-state index contributed by atoms with van der Waals surface area (Å²) < 4.78 is 20.9. The molecule has 2 rings (SSSR count). The molecule has 0 amide bonds. The molecule has 2 bridgehead atoms. The van der Waals surface area contributed by atoms with Crippen LogP contribution < -0.4 is 0 Å². The quantitative estimate of drug-likeness (QED) is 0.385. The van der Waals surface area contributed by atoms with Crippen LogP contribution in [0.3, 0.4) is 0 Å². The van der Waals surface area contributed by atoms with Gasteiger partial charge in [-0.15, -0.1) is 23.2 Å². The Balaban J connectivity index is 2.58. The first-order valence-corrected chi connectivity index (χ1v) is 8.27. The zero-order chi connectivity index (χ0) is 19.2. The number of aliphatic hydroxyl groups is 1. The number of hydrogen-bond acceptors (Lipinski definition) is 8. The molecule has 0 spiro atoms. The third-order valence-corrected chi connectivity index (χ3v) is 6.48. The van der Waals surface area contributed by atoms with Gasteiger partial charge in [-0.2, -0.15) is 0 Å². The van der Waals surface area contributed by atoms with Gasteiger partial charge in [0.1, 0.15) is 11.0 Å². The van der Waals surface area contributed by atoms with Crippen molar-refractivity contribution in [3.8, 4) is 0 Å². The van der Waals surface area contributed by atoms with Crippen LogP contribution in [0.4, 0.5) is 0 Å². The Kier molecular flexibility index (Phi) is 5.43. The van der Waals surface area contributed by atoms with Gasteiger partial charge in [0, 0.05) is 39.9 Å². The van der Waals surface area contributed by atoms with E-state index in [4.69, 9.17) is 42.1 Å². The zero-order valence-electron chi connectivity index (χ0n) is 14.2. The molecule has 2 aliphatic carbocycles. The number of Topliss-reactive ketones (excluding diaryl/α,β-unsaturated/α-hetero) is 1. The van der Waals surface area contributed by atoms with E-state index in [1.807, 2.05) is 0 Å². The molecule has 0 unspecified atom stereocenters. The molecule has 0 aromatic carbocycles. The van der Waals surface area contributed by atoms with Gasteiger partial charge in [0.15, 0.2) is 10.7 Å². The fraction of sp³-hybridized carbons (Fsp3) is 0.800. The summed E-state index contributed by atoms with van der Waals surface area (Å²) in [4.78, 5) is 31.4. The van der Waals surface area contributed by atoms with Crippen molar-refractivity contribution in [1.29, 1.82) is 0 Å². The molecule has 0 aliphatic heterocycles. The Morgan fingerprint density at radius 3 is 1.88 bits per heavy atom. The molecule has 0 heterocycles. The van der Waals surface area contributed by atoms with Gasteiger partial charge in [0.2, 0.25) is 5.79 Å². The Hall–Kier alpha value is -0.930. The third-order valence-electron chi connectivity index (χ3n) is 5.03. The van der Waals surface area contributed by atoms with Crippen molar-refractivity contribution in [3.05, 3.63) is 0 Å². The molecule has 1 N–H and O–H groups in total. The first kappa shape index (κ1) is 20.4. The topological polar surface area (TPSA) is 108 Å². The van der Waals surface area contributed by atoms with E-state index in [1.54, 1.807) is 0 Å². The van der Waals surface area contributed by atoms with Crippen molar-refractivity contribution in [2.75, 3.05) is 27.4 Å². The van der Waals surface area contributed by atoms with Crippen LogP contribution in [0.15, 0.2) is 0 Å². The van der Waals surface area contributed by atoms with Gasteiger partial charge in [-0.1, -0.05) is 0 Å². The predicted molar refractivity (Wildman–Crippen MR) is 85.2 cm³/mol. The summed E-state index contributed by atoms with van der Waals surface area (Å²) in [7, 11) is 2.47. The Morgan fingerprint density at radius 1 is 1.04 bits per heavy atom. The molecule has 0 aromatic rings. The summed E-state index contributed by atoms with van der Waals surface area (Å²) in [5.74, 6) is -5.67. The van der Waals surface area contributed by atoms with Gasteiger partial charge in [-0.05, 0) is 0 Å². The number of fused-ring (bicyclic) bond motifs is 2. The second-order valence-electron chi connectivity index (χ2n) is 6.09. The molecule has 0 radical (unpaired) electrons. The summed E-state index contributed by atoms with van der Waals surface area (Å²) >= 11 is 13.3. The number of esters is 2. The lowest BCUT2D eigenvalue weighted by Crippen LogP contribution is -2.58. The summed E-state index contributed by atoms with van der Waals surface area (Å²) in [5, 5.41) is 10.5. The summed E-state index contributed by atoms with van der Waals surface area (Å²) in [6.45, 7) is 1.85. The first-order chi connectivity index (χ1) is 11.5. The van der Waals surface area contributed by atoms with Crippen LogP contribution in [0.2, 0.25) is 0 Å². The normalized spacial score (nSPS) is 38.7. The SMILES string of the molecule is COC1(OC)[C@@]2(Cl)[C@H](O)C(=O)[C@]1(Cl)[C@H](COC(C)=O)[C@@H]2COC(C)=O. The molecule has 2 saturated carbocycles. The molecule has 142 valence electrons. The Bertz CT molecular complexity index is 592. The minimum absolute atomic E-state index is 0.266. The number of ether oxygens (including phenoxy) is 4. The molecule has 2 fully saturated rings. The maximum atomic E-state index is 12.7. The summed E-state index contributed by atoms with van der Waals surface area (Å²) in [6, 6.07) is 0. The van der Waals surface area contributed by atoms with Crippen molar-refractivity contribution in [2.45, 2.75) is 35.5 Å². The highest BCUT2D eigenvalue weighted by molar-refractivity contribution is 6.43. The van der Waals surface area contributed by atoms with Crippen molar-refractivity contribution in [1.82, 2.24) is 0 Å². The maximum absolute atomic E-state index is 12.7. The van der Waals surface area contributed by atoms with Gasteiger partial charge in [0.05, 0.1) is 13.2 Å². The Morgan fingerprint density at radius 2 is 1.48 bits per heavy atom. The van der Waals surface area contributed by atoms with Gasteiger partial charge < -0.3 is 24.1 Å². The van der Waals surface area contributed by atoms with E-state index >= 15 is 0 Å². The number of carbonyl (C=O) groups is 3. The molecule has 25 heavy (non-hydrogen) atoms. The van der Waals surface area contributed by atoms with E-state index in [9.17, 15) is 19.5 Å². The number of rotatable bonds is 6. The Labute approximate surface area is 154 Å². The number of alkyl halides is 2. The van der Waals surface area contributed by atoms with Crippen molar-refractivity contribution < 1.29 is 38.4 Å². The fourth-order valence-corrected chi connectivity index (χ4v) is 5.33. The van der Waals surface area contributed by atoms with E-state index in [2.05, 4.69) is 0 Å². The molecule has 0 saturated heterocycles. The van der Waals surface area contributed by atoms with Gasteiger partial charge in [-0.25, -0.2) is 0 Å². The second kappa shape index (κ2) is 6.66. The minimum Gasteiger partial charge on any atom is -0.465 e. The average molecular weight is 399 g/mol. The molecular weight excluding hydrogens is 379 g/mol.